The van der Waals surface area contributed by atoms with Crippen LogP contribution in [0.1, 0.15) is 5.56 Å². The zero-order valence-electron chi connectivity index (χ0n) is 8.70. The highest BCUT2D eigenvalue weighted by atomic mass is 16.3. The number of β-amino-alcohol motifs (C(OH)–C–C–N with tert-alkyl or cyclic N) is 1. The first kappa shape index (κ1) is 8.95. The molecule has 1 aliphatic heterocycles. The Hall–Kier alpha value is -1.32. The van der Waals surface area contributed by atoms with Gasteiger partial charge in [0.2, 0.25) is 0 Å². The zero-order valence-corrected chi connectivity index (χ0v) is 8.70. The minimum absolute atomic E-state index is 0.654. The van der Waals surface area contributed by atoms with Crippen LogP contribution in [0.3, 0.4) is 0 Å². The third kappa shape index (κ3) is 1.20. The second-order valence-electron chi connectivity index (χ2n) is 4.34. The first-order valence-corrected chi connectivity index (χ1v) is 5.18. The lowest BCUT2D eigenvalue weighted by Gasteiger charge is -2.38. The summed E-state index contributed by atoms with van der Waals surface area (Å²) in [6, 6.07) is 8.25. The van der Waals surface area contributed by atoms with Crippen LogP contribution in [-0.2, 0) is 12.6 Å². The van der Waals surface area contributed by atoms with Crippen LogP contribution in [0.5, 0.6) is 0 Å². The summed E-state index contributed by atoms with van der Waals surface area (Å²) in [5.41, 5.74) is 1.53. The van der Waals surface area contributed by atoms with Gasteiger partial charge in [-0.2, -0.15) is 0 Å². The summed E-state index contributed by atoms with van der Waals surface area (Å²) in [6.45, 7) is 1.31. The van der Waals surface area contributed by atoms with Gasteiger partial charge in [0.05, 0.1) is 0 Å². The van der Waals surface area contributed by atoms with Crippen molar-refractivity contribution < 1.29 is 5.11 Å². The number of nitrogens with zero attached hydrogens (tertiary/aromatic N) is 1. The van der Waals surface area contributed by atoms with E-state index in [1.807, 2.05) is 19.3 Å². The summed E-state index contributed by atoms with van der Waals surface area (Å²) >= 11 is 0. The Morgan fingerprint density at radius 2 is 2.13 bits per heavy atom. The monoisotopic (exact) mass is 202 g/mol. The molecule has 0 radical (unpaired) electrons. The maximum absolute atomic E-state index is 10.2. The van der Waals surface area contributed by atoms with Gasteiger partial charge in [0.15, 0.2) is 0 Å². The molecule has 3 rings (SSSR count). The number of benzene rings is 1. The minimum atomic E-state index is -0.654. The lowest BCUT2D eigenvalue weighted by atomic mass is 9.88. The van der Waals surface area contributed by atoms with E-state index in [0.29, 0.717) is 13.1 Å². The molecule has 2 N–H and O–H groups in total. The van der Waals surface area contributed by atoms with E-state index in [1.54, 1.807) is 0 Å². The fourth-order valence-corrected chi connectivity index (χ4v) is 2.12. The molecule has 2 heterocycles. The molecule has 78 valence electrons. The number of aryl methyl sites for hydroxylation is 1. The van der Waals surface area contributed by atoms with E-state index in [-0.39, 0.29) is 0 Å². The lowest BCUT2D eigenvalue weighted by molar-refractivity contribution is -0.0145. The first-order chi connectivity index (χ1) is 7.19. The van der Waals surface area contributed by atoms with Crippen LogP contribution < -0.4 is 5.32 Å². The van der Waals surface area contributed by atoms with Crippen LogP contribution in [0.4, 0.5) is 0 Å². The summed E-state index contributed by atoms with van der Waals surface area (Å²) in [5, 5.41) is 14.5. The number of aromatic nitrogens is 1. The molecule has 15 heavy (non-hydrogen) atoms. The molecule has 0 amide bonds. The van der Waals surface area contributed by atoms with E-state index in [4.69, 9.17) is 0 Å². The third-order valence-electron chi connectivity index (χ3n) is 3.26. The number of hydrogen-bond donors (Lipinski definition) is 2. The summed E-state index contributed by atoms with van der Waals surface area (Å²) in [7, 11) is 2.02. The molecule has 0 spiro atoms. The van der Waals surface area contributed by atoms with Gasteiger partial charge in [0.1, 0.15) is 5.60 Å². The van der Waals surface area contributed by atoms with Gasteiger partial charge < -0.3 is 15.0 Å². The van der Waals surface area contributed by atoms with Crippen molar-refractivity contribution in [3.8, 4) is 0 Å². The molecular formula is C12H14N2O. The molecule has 1 fully saturated rings. The van der Waals surface area contributed by atoms with Gasteiger partial charge in [-0.3, -0.25) is 0 Å². The van der Waals surface area contributed by atoms with Gasteiger partial charge in [-0.25, -0.2) is 0 Å². The summed E-state index contributed by atoms with van der Waals surface area (Å²) < 4.78 is 2.08. The number of hydrogen-bond acceptors (Lipinski definition) is 2. The second-order valence-corrected chi connectivity index (χ2v) is 4.34. The van der Waals surface area contributed by atoms with E-state index >= 15 is 0 Å². The molecule has 3 nitrogen and oxygen atoms in total. The summed E-state index contributed by atoms with van der Waals surface area (Å²) in [4.78, 5) is 0. The number of rotatable bonds is 1. The van der Waals surface area contributed by atoms with E-state index in [2.05, 4.69) is 28.1 Å². The van der Waals surface area contributed by atoms with Crippen molar-refractivity contribution in [1.29, 1.82) is 0 Å². The Morgan fingerprint density at radius 3 is 2.80 bits per heavy atom. The summed E-state index contributed by atoms with van der Waals surface area (Å²) in [5.74, 6) is 0. The maximum Gasteiger partial charge on any atom is 0.114 e. The first-order valence-electron chi connectivity index (χ1n) is 5.18. The molecule has 0 saturated carbocycles. The molecule has 3 heteroatoms. The van der Waals surface area contributed by atoms with Gasteiger partial charge in [-0.1, -0.05) is 12.1 Å². The van der Waals surface area contributed by atoms with Crippen molar-refractivity contribution in [3.05, 3.63) is 36.0 Å². The lowest BCUT2D eigenvalue weighted by Crippen LogP contribution is -2.56. The van der Waals surface area contributed by atoms with Gasteiger partial charge >= 0.3 is 0 Å². The highest BCUT2D eigenvalue weighted by Crippen LogP contribution is 2.28. The Kier molecular flexibility index (Phi) is 1.69. The number of nitrogens with one attached hydrogen (secondary N) is 1. The molecule has 0 unspecified atom stereocenters. The SMILES string of the molecule is Cn1ccc2ccc(C3(O)CNC3)cc21. The largest absolute Gasteiger partial charge is 0.382 e. The Balaban J connectivity index is 2.16. The smallest absolute Gasteiger partial charge is 0.114 e. The van der Waals surface area contributed by atoms with E-state index in [0.717, 1.165) is 5.56 Å². The van der Waals surface area contributed by atoms with Crippen LogP contribution in [-0.4, -0.2) is 22.8 Å². The van der Waals surface area contributed by atoms with Gasteiger partial charge in [0, 0.05) is 31.9 Å². The predicted octanol–water partition coefficient (Wildman–Crippen LogP) is 0.969. The molecule has 1 aromatic carbocycles. The van der Waals surface area contributed by atoms with Crippen molar-refractivity contribution in [2.45, 2.75) is 5.60 Å². The maximum atomic E-state index is 10.2. The van der Waals surface area contributed by atoms with Crippen LogP contribution in [0, 0.1) is 0 Å². The average Bonchev–Trinajstić information content (AvgIpc) is 2.57. The van der Waals surface area contributed by atoms with E-state index < -0.39 is 5.60 Å². The van der Waals surface area contributed by atoms with Crippen molar-refractivity contribution in [2.75, 3.05) is 13.1 Å². The quantitative estimate of drug-likeness (QED) is 0.723. The number of aliphatic hydroxyl groups is 1. The predicted molar refractivity (Wildman–Crippen MR) is 59.7 cm³/mol. The zero-order chi connectivity index (χ0) is 10.5. The van der Waals surface area contributed by atoms with Crippen LogP contribution in [0.15, 0.2) is 30.5 Å². The standard InChI is InChI=1S/C12H14N2O/c1-14-5-4-9-2-3-10(6-11(9)14)12(15)7-13-8-12/h2-6,13,15H,7-8H2,1H3. The molecule has 0 bridgehead atoms. The van der Waals surface area contributed by atoms with E-state index in [9.17, 15) is 5.11 Å². The average molecular weight is 202 g/mol. The van der Waals surface area contributed by atoms with Crippen LogP contribution >= 0.6 is 0 Å². The van der Waals surface area contributed by atoms with E-state index in [1.165, 1.54) is 10.9 Å². The van der Waals surface area contributed by atoms with Crippen molar-refractivity contribution in [1.82, 2.24) is 9.88 Å². The molecule has 1 aromatic heterocycles. The Bertz CT molecular complexity index is 511. The molecular weight excluding hydrogens is 188 g/mol. The molecule has 2 aromatic rings. The van der Waals surface area contributed by atoms with Gasteiger partial charge in [-0.05, 0) is 23.1 Å². The van der Waals surface area contributed by atoms with Crippen molar-refractivity contribution in [3.63, 3.8) is 0 Å². The highest BCUT2D eigenvalue weighted by Gasteiger charge is 2.36. The van der Waals surface area contributed by atoms with Crippen LogP contribution in [0.25, 0.3) is 10.9 Å². The molecule has 0 atom stereocenters. The summed E-state index contributed by atoms with van der Waals surface area (Å²) in [6.07, 6.45) is 2.04. The van der Waals surface area contributed by atoms with Gasteiger partial charge in [-0.15, -0.1) is 0 Å². The molecule has 0 aliphatic carbocycles. The van der Waals surface area contributed by atoms with Crippen molar-refractivity contribution >= 4 is 10.9 Å². The third-order valence-corrected chi connectivity index (χ3v) is 3.26. The fraction of sp³-hybridized carbons (Fsp3) is 0.333. The van der Waals surface area contributed by atoms with Gasteiger partial charge in [0.25, 0.3) is 0 Å². The van der Waals surface area contributed by atoms with Crippen LogP contribution in [0.2, 0.25) is 0 Å². The van der Waals surface area contributed by atoms with Crippen molar-refractivity contribution in [2.24, 2.45) is 7.05 Å². The molecule has 1 saturated heterocycles. The fourth-order valence-electron chi connectivity index (χ4n) is 2.12. The Morgan fingerprint density at radius 1 is 1.33 bits per heavy atom. The topological polar surface area (TPSA) is 37.2 Å². The molecule has 1 aliphatic rings. The Labute approximate surface area is 88.3 Å². The second kappa shape index (κ2) is 2.84. The normalized spacial score (nSPS) is 19.1. The minimum Gasteiger partial charge on any atom is -0.382 e. The number of fused-ring (bicyclic) bond motifs is 1. The highest BCUT2D eigenvalue weighted by molar-refractivity contribution is 5.81.